The van der Waals surface area contributed by atoms with Gasteiger partial charge in [0.25, 0.3) is 0 Å². The minimum absolute atomic E-state index is 0.0124. The predicted octanol–water partition coefficient (Wildman–Crippen LogP) is 3.12. The zero-order valence-corrected chi connectivity index (χ0v) is 14.8. The van der Waals surface area contributed by atoms with E-state index in [2.05, 4.69) is 10.2 Å². The zero-order valence-electron chi connectivity index (χ0n) is 14.8. The Kier molecular flexibility index (Phi) is 6.52. The largest absolute Gasteiger partial charge is 0.379 e. The van der Waals surface area contributed by atoms with E-state index in [1.165, 1.54) is 5.56 Å². The molecule has 26 heavy (non-hydrogen) atoms. The number of hydrogen-bond donors (Lipinski definition) is 1. The minimum atomic E-state index is -0.143. The maximum Gasteiger partial charge on any atom is 0.224 e. The molecule has 1 heterocycles. The highest BCUT2D eigenvalue weighted by Gasteiger charge is 2.11. The molecular weight excluding hydrogens is 328 g/mol. The Hall–Kier alpha value is -2.50. The number of carbonyl (C=O) groups excluding carboxylic acids is 2. The minimum Gasteiger partial charge on any atom is -0.379 e. The Morgan fingerprint density at radius 1 is 0.923 bits per heavy atom. The molecule has 3 rings (SSSR count). The van der Waals surface area contributed by atoms with Crippen LogP contribution >= 0.6 is 0 Å². The normalized spacial score (nSPS) is 14.8. The maximum atomic E-state index is 12.1. The lowest BCUT2D eigenvalue weighted by Gasteiger charge is -2.26. The highest BCUT2D eigenvalue weighted by molar-refractivity contribution is 5.99. The van der Waals surface area contributed by atoms with E-state index in [1.54, 1.807) is 12.1 Å². The van der Waals surface area contributed by atoms with Gasteiger partial charge >= 0.3 is 0 Å². The first-order valence-corrected chi connectivity index (χ1v) is 8.98. The molecule has 0 unspecified atom stereocenters. The van der Waals surface area contributed by atoms with Gasteiger partial charge in [-0.2, -0.15) is 0 Å². The maximum absolute atomic E-state index is 12.1. The van der Waals surface area contributed by atoms with Crippen molar-refractivity contribution in [2.45, 2.75) is 19.4 Å². The van der Waals surface area contributed by atoms with Crippen molar-refractivity contribution in [3.05, 3.63) is 65.7 Å². The van der Waals surface area contributed by atoms with Crippen molar-refractivity contribution in [1.82, 2.24) is 4.90 Å². The molecule has 1 N–H and O–H groups in total. The number of morpholine rings is 1. The van der Waals surface area contributed by atoms with Gasteiger partial charge in [0, 0.05) is 43.7 Å². The third-order valence-corrected chi connectivity index (χ3v) is 4.42. The van der Waals surface area contributed by atoms with Crippen molar-refractivity contribution < 1.29 is 14.3 Å². The average Bonchev–Trinajstić information content (AvgIpc) is 2.69. The highest BCUT2D eigenvalue weighted by Crippen LogP contribution is 2.13. The number of rotatable bonds is 7. The monoisotopic (exact) mass is 352 g/mol. The Labute approximate surface area is 154 Å². The molecule has 0 radical (unpaired) electrons. The first-order valence-electron chi connectivity index (χ1n) is 8.98. The fourth-order valence-electron chi connectivity index (χ4n) is 2.93. The van der Waals surface area contributed by atoms with Crippen LogP contribution in [0.5, 0.6) is 0 Å². The van der Waals surface area contributed by atoms with Gasteiger partial charge in [0.2, 0.25) is 5.91 Å². The Bertz CT molecular complexity index is 723. The summed E-state index contributed by atoms with van der Waals surface area (Å²) in [6, 6.07) is 16.9. The standard InChI is InChI=1S/C21H24N2O3/c24-20(18-4-2-1-3-5-18)10-11-21(25)22-19-8-6-17(7-9-19)16-23-12-14-26-15-13-23/h1-9H,10-16H2,(H,22,25). The Morgan fingerprint density at radius 3 is 2.31 bits per heavy atom. The van der Waals surface area contributed by atoms with E-state index in [1.807, 2.05) is 42.5 Å². The average molecular weight is 352 g/mol. The lowest BCUT2D eigenvalue weighted by atomic mass is 10.1. The predicted molar refractivity (Wildman–Crippen MR) is 101 cm³/mol. The van der Waals surface area contributed by atoms with Crippen LogP contribution in [0.15, 0.2) is 54.6 Å². The van der Waals surface area contributed by atoms with Crippen molar-refractivity contribution in [2.75, 3.05) is 31.6 Å². The van der Waals surface area contributed by atoms with E-state index >= 15 is 0 Å². The van der Waals surface area contributed by atoms with Crippen LogP contribution in [-0.2, 0) is 16.1 Å². The van der Waals surface area contributed by atoms with Crippen molar-refractivity contribution in [2.24, 2.45) is 0 Å². The van der Waals surface area contributed by atoms with Gasteiger partial charge in [-0.1, -0.05) is 42.5 Å². The number of ketones is 1. The molecule has 5 nitrogen and oxygen atoms in total. The van der Waals surface area contributed by atoms with Gasteiger partial charge in [-0.15, -0.1) is 0 Å². The summed E-state index contributed by atoms with van der Waals surface area (Å²) >= 11 is 0. The summed E-state index contributed by atoms with van der Waals surface area (Å²) in [5.41, 5.74) is 2.62. The fraction of sp³-hybridized carbons (Fsp3) is 0.333. The number of hydrogen-bond acceptors (Lipinski definition) is 4. The number of benzene rings is 2. The lowest BCUT2D eigenvalue weighted by Crippen LogP contribution is -2.35. The van der Waals surface area contributed by atoms with Gasteiger partial charge in [0.1, 0.15) is 0 Å². The lowest BCUT2D eigenvalue weighted by molar-refractivity contribution is -0.116. The van der Waals surface area contributed by atoms with Gasteiger partial charge in [-0.25, -0.2) is 0 Å². The van der Waals surface area contributed by atoms with Gasteiger partial charge in [-0.3, -0.25) is 14.5 Å². The molecule has 1 aliphatic heterocycles. The summed E-state index contributed by atoms with van der Waals surface area (Å²) in [6.07, 6.45) is 0.397. The van der Waals surface area contributed by atoms with Crippen LogP contribution in [0.1, 0.15) is 28.8 Å². The number of nitrogens with one attached hydrogen (secondary N) is 1. The summed E-state index contributed by atoms with van der Waals surface area (Å²) in [5.74, 6) is -0.156. The molecule has 1 saturated heterocycles. The second kappa shape index (κ2) is 9.27. The quantitative estimate of drug-likeness (QED) is 0.778. The van der Waals surface area contributed by atoms with Gasteiger partial charge < -0.3 is 10.1 Å². The summed E-state index contributed by atoms with van der Waals surface area (Å²) in [5, 5.41) is 2.85. The third-order valence-electron chi connectivity index (χ3n) is 4.42. The Morgan fingerprint density at radius 2 is 1.62 bits per heavy atom. The van der Waals surface area contributed by atoms with Crippen LogP contribution in [0.4, 0.5) is 5.69 Å². The molecule has 1 amide bonds. The number of ether oxygens (including phenoxy) is 1. The molecule has 0 saturated carbocycles. The summed E-state index contributed by atoms with van der Waals surface area (Å²) < 4.78 is 5.36. The van der Waals surface area contributed by atoms with Gasteiger partial charge in [-0.05, 0) is 17.7 Å². The Balaban J connectivity index is 1.44. The smallest absolute Gasteiger partial charge is 0.224 e. The van der Waals surface area contributed by atoms with Crippen molar-refractivity contribution in [3.63, 3.8) is 0 Å². The van der Waals surface area contributed by atoms with Crippen LogP contribution < -0.4 is 5.32 Å². The first kappa shape index (κ1) is 18.3. The van der Waals surface area contributed by atoms with Crippen LogP contribution in [0.2, 0.25) is 0 Å². The number of amides is 1. The van der Waals surface area contributed by atoms with Crippen LogP contribution in [0, 0.1) is 0 Å². The van der Waals surface area contributed by atoms with Crippen LogP contribution in [-0.4, -0.2) is 42.9 Å². The molecular formula is C21H24N2O3. The second-order valence-electron chi connectivity index (χ2n) is 6.42. The summed E-state index contributed by atoms with van der Waals surface area (Å²) in [7, 11) is 0. The zero-order chi connectivity index (χ0) is 18.2. The van der Waals surface area contributed by atoms with E-state index in [0.29, 0.717) is 5.56 Å². The molecule has 136 valence electrons. The first-order chi connectivity index (χ1) is 12.7. The van der Waals surface area contributed by atoms with E-state index < -0.39 is 0 Å². The number of nitrogens with zero attached hydrogens (tertiary/aromatic N) is 1. The molecule has 1 aliphatic rings. The molecule has 0 spiro atoms. The molecule has 0 aliphatic carbocycles. The molecule has 0 bridgehead atoms. The van der Waals surface area contributed by atoms with E-state index in [9.17, 15) is 9.59 Å². The van der Waals surface area contributed by atoms with Crippen molar-refractivity contribution >= 4 is 17.4 Å². The third kappa shape index (κ3) is 5.51. The topological polar surface area (TPSA) is 58.6 Å². The SMILES string of the molecule is O=C(CCC(=O)c1ccccc1)Nc1ccc(CN2CCOCC2)cc1. The molecule has 0 aromatic heterocycles. The van der Waals surface area contributed by atoms with Gasteiger partial charge in [0.05, 0.1) is 13.2 Å². The van der Waals surface area contributed by atoms with E-state index in [-0.39, 0.29) is 24.5 Å². The number of anilines is 1. The molecule has 2 aromatic carbocycles. The molecule has 5 heteroatoms. The second-order valence-corrected chi connectivity index (χ2v) is 6.42. The summed E-state index contributed by atoms with van der Waals surface area (Å²) in [6.45, 7) is 4.37. The summed E-state index contributed by atoms with van der Waals surface area (Å²) in [4.78, 5) is 26.5. The van der Waals surface area contributed by atoms with Crippen LogP contribution in [0.25, 0.3) is 0 Å². The fourth-order valence-corrected chi connectivity index (χ4v) is 2.93. The van der Waals surface area contributed by atoms with E-state index in [4.69, 9.17) is 4.74 Å². The van der Waals surface area contributed by atoms with Crippen molar-refractivity contribution in [3.8, 4) is 0 Å². The molecule has 1 fully saturated rings. The van der Waals surface area contributed by atoms with Gasteiger partial charge in [0.15, 0.2) is 5.78 Å². The number of Topliss-reactive ketones (excluding diaryl/α,β-unsaturated/α-hetero) is 1. The molecule has 2 aromatic rings. The van der Waals surface area contributed by atoms with Crippen molar-refractivity contribution in [1.29, 1.82) is 0 Å². The van der Waals surface area contributed by atoms with Crippen LogP contribution in [0.3, 0.4) is 0 Å². The highest BCUT2D eigenvalue weighted by atomic mass is 16.5. The van der Waals surface area contributed by atoms with E-state index in [0.717, 1.165) is 38.5 Å². The number of carbonyl (C=O) groups is 2. The molecule has 0 atom stereocenters.